The van der Waals surface area contributed by atoms with Gasteiger partial charge in [-0.15, -0.1) is 0 Å². The van der Waals surface area contributed by atoms with E-state index >= 15 is 0 Å². The van der Waals surface area contributed by atoms with E-state index in [0.717, 1.165) is 6.07 Å². The summed E-state index contributed by atoms with van der Waals surface area (Å²) in [5.41, 5.74) is -1.84. The van der Waals surface area contributed by atoms with Crippen LogP contribution in [0.15, 0.2) is 18.2 Å². The van der Waals surface area contributed by atoms with E-state index in [1.165, 1.54) is 19.2 Å². The van der Waals surface area contributed by atoms with E-state index in [0.29, 0.717) is 31.9 Å². The van der Waals surface area contributed by atoms with Crippen molar-refractivity contribution in [2.45, 2.75) is 25.1 Å². The number of alkyl halides is 3. The SMILES string of the molecule is COCC1(CC(C)C(=O)N2CCN(c3ccc(Cl)c(C(F)(F)F)c3)CC2)NC(=O)NC1=O. The normalized spacial score (nSPS) is 22.6. The molecule has 0 saturated carbocycles. The van der Waals surface area contributed by atoms with E-state index in [2.05, 4.69) is 10.6 Å². The molecule has 1 aromatic rings. The number of nitrogens with zero attached hydrogens (tertiary/aromatic N) is 2. The zero-order valence-corrected chi connectivity index (χ0v) is 18.3. The molecule has 3 rings (SSSR count). The summed E-state index contributed by atoms with van der Waals surface area (Å²) < 4.78 is 44.5. The molecule has 2 N–H and O–H groups in total. The number of nitrogens with one attached hydrogen (secondary N) is 2. The molecular weight excluding hydrogens is 453 g/mol. The summed E-state index contributed by atoms with van der Waals surface area (Å²) in [4.78, 5) is 40.2. The lowest BCUT2D eigenvalue weighted by Gasteiger charge is -2.38. The molecule has 2 unspecified atom stereocenters. The molecule has 0 spiro atoms. The van der Waals surface area contributed by atoms with Gasteiger partial charge in [0.05, 0.1) is 17.2 Å². The van der Waals surface area contributed by atoms with Crippen molar-refractivity contribution >= 4 is 35.1 Å². The molecule has 12 heteroatoms. The molecule has 32 heavy (non-hydrogen) atoms. The van der Waals surface area contributed by atoms with Gasteiger partial charge in [0.25, 0.3) is 5.91 Å². The van der Waals surface area contributed by atoms with Crippen LogP contribution in [0.4, 0.5) is 23.7 Å². The minimum Gasteiger partial charge on any atom is -0.382 e. The number of hydrogen-bond acceptors (Lipinski definition) is 5. The molecule has 2 aliphatic rings. The van der Waals surface area contributed by atoms with Crippen LogP contribution in [0.2, 0.25) is 5.02 Å². The Hall–Kier alpha value is -2.53. The van der Waals surface area contributed by atoms with Crippen molar-refractivity contribution < 1.29 is 32.3 Å². The Balaban J connectivity index is 1.63. The molecule has 4 amide bonds. The third-order valence-electron chi connectivity index (χ3n) is 5.69. The third kappa shape index (κ3) is 4.93. The van der Waals surface area contributed by atoms with E-state index in [9.17, 15) is 27.6 Å². The molecule has 0 bridgehead atoms. The molecule has 2 aliphatic heterocycles. The van der Waals surface area contributed by atoms with Gasteiger partial charge >= 0.3 is 12.2 Å². The number of piperazine rings is 1. The Morgan fingerprint density at radius 1 is 1.25 bits per heavy atom. The van der Waals surface area contributed by atoms with E-state index in [4.69, 9.17) is 16.3 Å². The molecule has 8 nitrogen and oxygen atoms in total. The first-order valence-electron chi connectivity index (χ1n) is 10.00. The summed E-state index contributed by atoms with van der Waals surface area (Å²) in [5.74, 6) is -1.34. The molecule has 0 aromatic heterocycles. The highest BCUT2D eigenvalue weighted by Crippen LogP contribution is 2.37. The highest BCUT2D eigenvalue weighted by Gasteiger charge is 2.48. The Kier molecular flexibility index (Phi) is 6.89. The van der Waals surface area contributed by atoms with Crippen molar-refractivity contribution in [2.24, 2.45) is 5.92 Å². The molecule has 2 fully saturated rings. The number of urea groups is 1. The summed E-state index contributed by atoms with van der Waals surface area (Å²) in [6.45, 7) is 2.90. The van der Waals surface area contributed by atoms with Crippen molar-refractivity contribution in [2.75, 3.05) is 44.8 Å². The van der Waals surface area contributed by atoms with E-state index in [-0.39, 0.29) is 24.0 Å². The van der Waals surface area contributed by atoms with Crippen LogP contribution in [0.3, 0.4) is 0 Å². The molecule has 0 aliphatic carbocycles. The second kappa shape index (κ2) is 9.14. The molecular formula is C20H24ClF3N4O4. The lowest BCUT2D eigenvalue weighted by molar-refractivity contribution is -0.138. The van der Waals surface area contributed by atoms with Crippen LogP contribution in [0, 0.1) is 5.92 Å². The minimum atomic E-state index is -4.56. The number of rotatable bonds is 6. The van der Waals surface area contributed by atoms with Gasteiger partial charge in [0.1, 0.15) is 5.54 Å². The van der Waals surface area contributed by atoms with Gasteiger partial charge in [-0.1, -0.05) is 18.5 Å². The Morgan fingerprint density at radius 2 is 1.91 bits per heavy atom. The second-order valence-electron chi connectivity index (χ2n) is 8.00. The Bertz CT molecular complexity index is 905. The fourth-order valence-electron chi connectivity index (χ4n) is 4.11. The maximum atomic E-state index is 13.1. The lowest BCUT2D eigenvalue weighted by Crippen LogP contribution is -2.55. The average Bonchev–Trinajstić information content (AvgIpc) is 2.99. The second-order valence-corrected chi connectivity index (χ2v) is 8.41. The number of carbonyl (C=O) groups excluding carboxylic acids is 3. The number of anilines is 1. The van der Waals surface area contributed by atoms with Crippen LogP contribution in [0.1, 0.15) is 18.9 Å². The quantitative estimate of drug-likeness (QED) is 0.615. The number of halogens is 4. The maximum absolute atomic E-state index is 13.1. The predicted octanol–water partition coefficient (Wildman–Crippen LogP) is 2.26. The number of ether oxygens (including phenoxy) is 1. The van der Waals surface area contributed by atoms with Gasteiger partial charge in [0, 0.05) is 44.9 Å². The van der Waals surface area contributed by atoms with E-state index in [1.54, 1.807) is 16.7 Å². The van der Waals surface area contributed by atoms with E-state index < -0.39 is 35.1 Å². The van der Waals surface area contributed by atoms with E-state index in [1.807, 2.05) is 0 Å². The van der Waals surface area contributed by atoms with Crippen molar-refractivity contribution in [3.05, 3.63) is 28.8 Å². The average molecular weight is 477 g/mol. The number of methoxy groups -OCH3 is 1. The Morgan fingerprint density at radius 3 is 2.44 bits per heavy atom. The molecule has 2 atom stereocenters. The smallest absolute Gasteiger partial charge is 0.382 e. The van der Waals surface area contributed by atoms with Gasteiger partial charge in [0.15, 0.2) is 0 Å². The summed E-state index contributed by atoms with van der Waals surface area (Å²) in [6, 6.07) is 3.11. The van der Waals surface area contributed by atoms with Crippen molar-refractivity contribution in [3.8, 4) is 0 Å². The van der Waals surface area contributed by atoms with Gasteiger partial charge < -0.3 is 19.9 Å². The topological polar surface area (TPSA) is 91.0 Å². The highest BCUT2D eigenvalue weighted by atomic mass is 35.5. The summed E-state index contributed by atoms with van der Waals surface area (Å²) in [6.07, 6.45) is -4.50. The number of carbonyl (C=O) groups is 3. The number of imide groups is 1. The first-order chi connectivity index (χ1) is 15.0. The number of hydrogen-bond donors (Lipinski definition) is 2. The van der Waals surface area contributed by atoms with Crippen LogP contribution in [-0.4, -0.2) is 68.2 Å². The summed E-state index contributed by atoms with van der Waals surface area (Å²) >= 11 is 5.69. The van der Waals surface area contributed by atoms with Crippen LogP contribution in [-0.2, 0) is 20.5 Å². The molecule has 1 aromatic carbocycles. The molecule has 2 saturated heterocycles. The fourth-order valence-corrected chi connectivity index (χ4v) is 4.34. The summed E-state index contributed by atoms with van der Waals surface area (Å²) in [5, 5.41) is 4.36. The fraction of sp³-hybridized carbons (Fsp3) is 0.550. The number of amides is 4. The van der Waals surface area contributed by atoms with Gasteiger partial charge in [-0.3, -0.25) is 14.9 Å². The van der Waals surface area contributed by atoms with Crippen molar-refractivity contribution in [3.63, 3.8) is 0 Å². The maximum Gasteiger partial charge on any atom is 0.417 e. The zero-order valence-electron chi connectivity index (χ0n) is 17.6. The molecule has 176 valence electrons. The Labute approximate surface area is 188 Å². The first-order valence-corrected chi connectivity index (χ1v) is 10.4. The van der Waals surface area contributed by atoms with Gasteiger partial charge in [-0.2, -0.15) is 13.2 Å². The van der Waals surface area contributed by atoms with Crippen LogP contribution >= 0.6 is 11.6 Å². The lowest BCUT2D eigenvalue weighted by atomic mass is 9.88. The van der Waals surface area contributed by atoms with Crippen LogP contribution < -0.4 is 15.5 Å². The standard InChI is InChI=1S/C20H24ClF3N4O4/c1-12(10-19(11-32-2)17(30)25-18(31)26-19)16(29)28-7-5-27(6-8-28)13-3-4-15(21)14(9-13)20(22,23)24/h3-4,9,12H,5-8,10-11H2,1-2H3,(H2,25,26,30,31). The first kappa shape index (κ1) is 24.1. The van der Waals surface area contributed by atoms with Crippen molar-refractivity contribution in [1.29, 1.82) is 0 Å². The van der Waals surface area contributed by atoms with Gasteiger partial charge in [-0.25, -0.2) is 4.79 Å². The predicted molar refractivity (Wildman–Crippen MR) is 110 cm³/mol. The highest BCUT2D eigenvalue weighted by molar-refractivity contribution is 6.31. The summed E-state index contributed by atoms with van der Waals surface area (Å²) in [7, 11) is 1.40. The van der Waals surface area contributed by atoms with Crippen LogP contribution in [0.5, 0.6) is 0 Å². The zero-order chi connectivity index (χ0) is 23.7. The minimum absolute atomic E-state index is 0.0591. The largest absolute Gasteiger partial charge is 0.417 e. The number of benzene rings is 1. The van der Waals surface area contributed by atoms with Gasteiger partial charge in [0.2, 0.25) is 5.91 Å². The third-order valence-corrected chi connectivity index (χ3v) is 6.02. The van der Waals surface area contributed by atoms with Crippen LogP contribution in [0.25, 0.3) is 0 Å². The monoisotopic (exact) mass is 476 g/mol. The molecule has 0 radical (unpaired) electrons. The molecule has 2 heterocycles. The van der Waals surface area contributed by atoms with Gasteiger partial charge in [-0.05, 0) is 24.6 Å². The van der Waals surface area contributed by atoms with Crippen molar-refractivity contribution in [1.82, 2.24) is 15.5 Å².